The Hall–Kier alpha value is -1.08. The summed E-state index contributed by atoms with van der Waals surface area (Å²) in [6, 6.07) is 1.91. The topological polar surface area (TPSA) is 62.1 Å². The molecule has 80 valence electrons. The number of ether oxygens (including phenoxy) is 1. The van der Waals surface area contributed by atoms with Crippen LogP contribution in [0.15, 0.2) is 0 Å². The van der Waals surface area contributed by atoms with Crippen LogP contribution in [0.5, 0.6) is 0 Å². The smallest absolute Gasteiger partial charge is 0.223 e. The Balaban J connectivity index is 3.94. The van der Waals surface area contributed by atoms with Gasteiger partial charge in [-0.3, -0.25) is 4.79 Å². The minimum atomic E-state index is -0.448. The van der Waals surface area contributed by atoms with Crippen LogP contribution in [0.3, 0.4) is 0 Å². The predicted molar refractivity (Wildman–Crippen MR) is 53.5 cm³/mol. The zero-order valence-corrected chi connectivity index (χ0v) is 9.26. The number of rotatable bonds is 5. The van der Waals surface area contributed by atoms with Gasteiger partial charge in [0.05, 0.1) is 24.5 Å². The lowest BCUT2D eigenvalue weighted by Crippen LogP contribution is -2.38. The molecule has 1 unspecified atom stereocenters. The molecule has 0 aromatic carbocycles. The number of hydrogen-bond donors (Lipinski definition) is 1. The van der Waals surface area contributed by atoms with Crippen LogP contribution >= 0.6 is 0 Å². The first-order valence-corrected chi connectivity index (χ1v) is 4.63. The zero-order valence-electron chi connectivity index (χ0n) is 9.26. The van der Waals surface area contributed by atoms with Gasteiger partial charge in [0.15, 0.2) is 0 Å². The van der Waals surface area contributed by atoms with Crippen LogP contribution in [0.2, 0.25) is 0 Å². The van der Waals surface area contributed by atoms with E-state index >= 15 is 0 Å². The molecule has 4 heteroatoms. The van der Waals surface area contributed by atoms with Gasteiger partial charge in [0, 0.05) is 13.2 Å². The highest BCUT2D eigenvalue weighted by Crippen LogP contribution is 2.12. The molecule has 0 aromatic heterocycles. The SMILES string of the molecule is COC(C)(C)CC(=O)NC(C)CC#N. The fourth-order valence-electron chi connectivity index (χ4n) is 0.973. The maximum absolute atomic E-state index is 11.4. The van der Waals surface area contributed by atoms with Crippen molar-refractivity contribution in [2.24, 2.45) is 0 Å². The minimum absolute atomic E-state index is 0.0837. The summed E-state index contributed by atoms with van der Waals surface area (Å²) in [4.78, 5) is 11.4. The zero-order chi connectivity index (χ0) is 11.2. The molecule has 0 aromatic rings. The third-order valence-corrected chi connectivity index (χ3v) is 1.94. The van der Waals surface area contributed by atoms with Gasteiger partial charge in [0.25, 0.3) is 0 Å². The summed E-state index contributed by atoms with van der Waals surface area (Å²) in [6.45, 7) is 5.50. The molecule has 0 aliphatic heterocycles. The van der Waals surface area contributed by atoms with Crippen LogP contribution in [-0.2, 0) is 9.53 Å². The second-order valence-electron chi connectivity index (χ2n) is 3.97. The van der Waals surface area contributed by atoms with Crippen LogP contribution in [0.25, 0.3) is 0 Å². The van der Waals surface area contributed by atoms with Crippen molar-refractivity contribution in [1.29, 1.82) is 5.26 Å². The van der Waals surface area contributed by atoms with Gasteiger partial charge in [-0.15, -0.1) is 0 Å². The maximum Gasteiger partial charge on any atom is 0.223 e. The number of amides is 1. The van der Waals surface area contributed by atoms with Crippen LogP contribution < -0.4 is 5.32 Å². The summed E-state index contributed by atoms with van der Waals surface area (Å²) < 4.78 is 5.12. The van der Waals surface area contributed by atoms with Crippen molar-refractivity contribution < 1.29 is 9.53 Å². The van der Waals surface area contributed by atoms with E-state index in [0.29, 0.717) is 12.8 Å². The summed E-state index contributed by atoms with van der Waals surface area (Å²) in [5.41, 5.74) is -0.448. The first-order chi connectivity index (χ1) is 6.41. The maximum atomic E-state index is 11.4. The number of methoxy groups -OCH3 is 1. The average Bonchev–Trinajstić information content (AvgIpc) is 2.03. The van der Waals surface area contributed by atoms with Gasteiger partial charge in [-0.05, 0) is 20.8 Å². The molecule has 1 N–H and O–H groups in total. The number of nitrogens with one attached hydrogen (secondary N) is 1. The van der Waals surface area contributed by atoms with E-state index in [1.165, 1.54) is 0 Å². The van der Waals surface area contributed by atoms with Crippen LogP contribution in [-0.4, -0.2) is 24.7 Å². The van der Waals surface area contributed by atoms with E-state index in [9.17, 15) is 4.79 Å². The number of hydrogen-bond acceptors (Lipinski definition) is 3. The molecule has 0 bridgehead atoms. The highest BCUT2D eigenvalue weighted by Gasteiger charge is 2.21. The molecule has 0 heterocycles. The fraction of sp³-hybridized carbons (Fsp3) is 0.800. The Kier molecular flexibility index (Phi) is 5.18. The standard InChI is InChI=1S/C10H18N2O2/c1-8(5-6-11)12-9(13)7-10(2,3)14-4/h8H,5,7H2,1-4H3,(H,12,13). The van der Waals surface area contributed by atoms with Gasteiger partial charge in [0.1, 0.15) is 0 Å². The fourth-order valence-corrected chi connectivity index (χ4v) is 0.973. The number of nitrogens with zero attached hydrogens (tertiary/aromatic N) is 1. The number of nitriles is 1. The van der Waals surface area contributed by atoms with Gasteiger partial charge in [-0.25, -0.2) is 0 Å². The van der Waals surface area contributed by atoms with E-state index in [4.69, 9.17) is 10.00 Å². The highest BCUT2D eigenvalue weighted by molar-refractivity contribution is 5.77. The Morgan fingerprint density at radius 3 is 2.64 bits per heavy atom. The normalized spacial score (nSPS) is 13.1. The van der Waals surface area contributed by atoms with Crippen molar-refractivity contribution in [1.82, 2.24) is 5.32 Å². The number of carbonyl (C=O) groups is 1. The lowest BCUT2D eigenvalue weighted by atomic mass is 10.0. The van der Waals surface area contributed by atoms with Crippen LogP contribution in [0.1, 0.15) is 33.6 Å². The van der Waals surface area contributed by atoms with Crippen molar-refractivity contribution in [3.05, 3.63) is 0 Å². The molecule has 0 rings (SSSR count). The summed E-state index contributed by atoms with van der Waals surface area (Å²) in [5, 5.41) is 11.1. The minimum Gasteiger partial charge on any atom is -0.378 e. The summed E-state index contributed by atoms with van der Waals surface area (Å²) in [7, 11) is 1.58. The van der Waals surface area contributed by atoms with Crippen molar-refractivity contribution >= 4 is 5.91 Å². The van der Waals surface area contributed by atoms with E-state index < -0.39 is 5.60 Å². The molecule has 0 spiro atoms. The summed E-state index contributed by atoms with van der Waals surface area (Å²) >= 11 is 0. The van der Waals surface area contributed by atoms with Gasteiger partial charge >= 0.3 is 0 Å². The Bertz CT molecular complexity index is 231. The molecule has 0 saturated heterocycles. The molecule has 0 aliphatic rings. The molecule has 1 amide bonds. The predicted octanol–water partition coefficient (Wildman–Crippen LogP) is 1.22. The van der Waals surface area contributed by atoms with Gasteiger partial charge in [-0.2, -0.15) is 5.26 Å². The second kappa shape index (κ2) is 5.61. The summed E-state index contributed by atoms with van der Waals surface area (Å²) in [6.07, 6.45) is 0.637. The number of carbonyl (C=O) groups excluding carboxylic acids is 1. The molecule has 0 aliphatic carbocycles. The van der Waals surface area contributed by atoms with Crippen molar-refractivity contribution in [2.75, 3.05) is 7.11 Å². The first kappa shape index (κ1) is 12.9. The van der Waals surface area contributed by atoms with Gasteiger partial charge < -0.3 is 10.1 Å². The van der Waals surface area contributed by atoms with Crippen molar-refractivity contribution in [3.8, 4) is 6.07 Å². The van der Waals surface area contributed by atoms with Crippen molar-refractivity contribution in [2.45, 2.75) is 45.3 Å². The molecule has 0 saturated carbocycles. The summed E-state index contributed by atoms with van der Waals surface area (Å²) in [5.74, 6) is -0.0837. The third-order valence-electron chi connectivity index (χ3n) is 1.94. The van der Waals surface area contributed by atoms with Gasteiger partial charge in [-0.1, -0.05) is 0 Å². The van der Waals surface area contributed by atoms with E-state index in [-0.39, 0.29) is 11.9 Å². The molecule has 14 heavy (non-hydrogen) atoms. The van der Waals surface area contributed by atoms with Crippen LogP contribution in [0, 0.1) is 11.3 Å². The van der Waals surface area contributed by atoms with E-state index in [2.05, 4.69) is 5.32 Å². The molecule has 0 fully saturated rings. The van der Waals surface area contributed by atoms with E-state index in [0.717, 1.165) is 0 Å². The molecule has 4 nitrogen and oxygen atoms in total. The third kappa shape index (κ3) is 5.55. The Morgan fingerprint density at radius 1 is 1.64 bits per heavy atom. The lowest BCUT2D eigenvalue weighted by molar-refractivity contribution is -0.126. The average molecular weight is 198 g/mol. The monoisotopic (exact) mass is 198 g/mol. The molecular weight excluding hydrogens is 180 g/mol. The molecule has 0 radical (unpaired) electrons. The molecule has 1 atom stereocenters. The largest absolute Gasteiger partial charge is 0.378 e. The second-order valence-corrected chi connectivity index (χ2v) is 3.97. The van der Waals surface area contributed by atoms with Crippen molar-refractivity contribution in [3.63, 3.8) is 0 Å². The van der Waals surface area contributed by atoms with Gasteiger partial charge in [0.2, 0.25) is 5.91 Å². The van der Waals surface area contributed by atoms with Crippen LogP contribution in [0.4, 0.5) is 0 Å². The first-order valence-electron chi connectivity index (χ1n) is 4.63. The quantitative estimate of drug-likeness (QED) is 0.722. The Morgan fingerprint density at radius 2 is 2.21 bits per heavy atom. The lowest BCUT2D eigenvalue weighted by Gasteiger charge is -2.22. The van der Waals surface area contributed by atoms with E-state index in [1.807, 2.05) is 19.9 Å². The molecular formula is C10H18N2O2. The Labute approximate surface area is 85.2 Å². The van der Waals surface area contributed by atoms with E-state index in [1.54, 1.807) is 14.0 Å². The highest BCUT2D eigenvalue weighted by atomic mass is 16.5.